The van der Waals surface area contributed by atoms with E-state index < -0.39 is 0 Å². The van der Waals surface area contributed by atoms with Crippen LogP contribution in [0.5, 0.6) is 0 Å². The predicted molar refractivity (Wildman–Crippen MR) is 115 cm³/mol. The molecule has 0 saturated carbocycles. The molecule has 4 heteroatoms. The van der Waals surface area contributed by atoms with Crippen LogP contribution in [-0.4, -0.2) is 31.2 Å². The number of anilines is 2. The normalized spacial score (nSPS) is 14.9. The van der Waals surface area contributed by atoms with Crippen molar-refractivity contribution in [3.8, 4) is 0 Å². The number of rotatable bonds is 2. The maximum Gasteiger partial charge on any atom is 0.137 e. The van der Waals surface area contributed by atoms with Gasteiger partial charge in [-0.2, -0.15) is 0 Å². The van der Waals surface area contributed by atoms with Crippen molar-refractivity contribution in [3.05, 3.63) is 77.8 Å². The Hall–Kier alpha value is -2.78. The molecule has 0 unspecified atom stereocenters. The molecule has 3 nitrogen and oxygen atoms in total. The number of hydrogen-bond donors (Lipinski definition) is 0. The first-order valence-corrected chi connectivity index (χ1v) is 9.71. The third kappa shape index (κ3) is 2.88. The topological polar surface area (TPSA) is 19.4 Å². The molecular weight excluding hydrogens is 354 g/mol. The van der Waals surface area contributed by atoms with E-state index in [1.54, 1.807) is 0 Å². The molecule has 5 rings (SSSR count). The molecule has 1 aromatic heterocycles. The number of pyridine rings is 1. The van der Waals surface area contributed by atoms with E-state index >= 15 is 0 Å². The summed E-state index contributed by atoms with van der Waals surface area (Å²) < 4.78 is 0. The summed E-state index contributed by atoms with van der Waals surface area (Å²) in [6, 6.07) is 25.1. The largest absolute Gasteiger partial charge is 0.367 e. The van der Waals surface area contributed by atoms with Gasteiger partial charge in [0.15, 0.2) is 0 Å². The Kier molecular flexibility index (Phi) is 4.10. The predicted octanol–water partition coefficient (Wildman–Crippen LogP) is 5.37. The second-order valence-corrected chi connectivity index (χ2v) is 7.33. The lowest BCUT2D eigenvalue weighted by atomic mass is 10.1. The maximum atomic E-state index is 6.39. The Morgan fingerprint density at radius 3 is 2.00 bits per heavy atom. The standard InChI is InChI=1S/C23H20ClN3/c24-20-10-4-6-12-22(20)26-13-15-27(16-14-26)23-19-9-2-1-7-17(19)18-8-3-5-11-21(18)25-23/h1-12H,13-16H2. The van der Waals surface area contributed by atoms with Crippen LogP contribution in [0.4, 0.5) is 11.5 Å². The van der Waals surface area contributed by atoms with Gasteiger partial charge in [0.25, 0.3) is 0 Å². The van der Waals surface area contributed by atoms with Gasteiger partial charge in [-0.25, -0.2) is 4.98 Å². The minimum atomic E-state index is 0.820. The van der Waals surface area contributed by atoms with Gasteiger partial charge < -0.3 is 9.80 Å². The van der Waals surface area contributed by atoms with Gasteiger partial charge in [-0.05, 0) is 23.6 Å². The minimum absolute atomic E-state index is 0.820. The molecule has 1 fully saturated rings. The van der Waals surface area contributed by atoms with Crippen molar-refractivity contribution in [1.82, 2.24) is 4.98 Å². The van der Waals surface area contributed by atoms with E-state index in [9.17, 15) is 0 Å². The highest BCUT2D eigenvalue weighted by Gasteiger charge is 2.21. The zero-order chi connectivity index (χ0) is 18.2. The summed E-state index contributed by atoms with van der Waals surface area (Å²) in [4.78, 5) is 9.79. The number of fused-ring (bicyclic) bond motifs is 3. The van der Waals surface area contributed by atoms with Crippen molar-refractivity contribution < 1.29 is 0 Å². The Bertz CT molecular complexity index is 1120. The molecule has 0 spiro atoms. The number of aromatic nitrogens is 1. The fraction of sp³-hybridized carbons (Fsp3) is 0.174. The van der Waals surface area contributed by atoms with Crippen LogP contribution in [0.15, 0.2) is 72.8 Å². The highest BCUT2D eigenvalue weighted by molar-refractivity contribution is 6.33. The molecule has 2 heterocycles. The number of hydrogen-bond acceptors (Lipinski definition) is 3. The Morgan fingerprint density at radius 2 is 1.22 bits per heavy atom. The van der Waals surface area contributed by atoms with E-state index in [1.807, 2.05) is 18.2 Å². The average molecular weight is 374 g/mol. The molecule has 0 N–H and O–H groups in total. The molecule has 0 radical (unpaired) electrons. The van der Waals surface area contributed by atoms with E-state index in [1.165, 1.54) is 16.2 Å². The summed E-state index contributed by atoms with van der Waals surface area (Å²) >= 11 is 6.39. The van der Waals surface area contributed by atoms with Crippen molar-refractivity contribution in [3.63, 3.8) is 0 Å². The number of piperazine rings is 1. The molecule has 27 heavy (non-hydrogen) atoms. The zero-order valence-corrected chi connectivity index (χ0v) is 15.7. The molecule has 1 aliphatic rings. The van der Waals surface area contributed by atoms with Crippen LogP contribution in [0.25, 0.3) is 21.7 Å². The summed E-state index contributed by atoms with van der Waals surface area (Å²) in [5.41, 5.74) is 2.18. The van der Waals surface area contributed by atoms with E-state index in [0.717, 1.165) is 48.2 Å². The smallest absolute Gasteiger partial charge is 0.137 e. The lowest BCUT2D eigenvalue weighted by molar-refractivity contribution is 0.650. The molecule has 0 aliphatic carbocycles. The molecule has 1 saturated heterocycles. The van der Waals surface area contributed by atoms with E-state index in [0.29, 0.717) is 0 Å². The van der Waals surface area contributed by atoms with Crippen LogP contribution in [0.3, 0.4) is 0 Å². The number of nitrogens with zero attached hydrogens (tertiary/aromatic N) is 3. The van der Waals surface area contributed by atoms with E-state index in [2.05, 4.69) is 64.4 Å². The average Bonchev–Trinajstić information content (AvgIpc) is 2.74. The Balaban J connectivity index is 1.50. The zero-order valence-electron chi connectivity index (χ0n) is 15.0. The van der Waals surface area contributed by atoms with Crippen LogP contribution < -0.4 is 9.80 Å². The van der Waals surface area contributed by atoms with Crippen molar-refractivity contribution in [2.75, 3.05) is 36.0 Å². The van der Waals surface area contributed by atoms with Crippen molar-refractivity contribution in [2.45, 2.75) is 0 Å². The Labute approximate surface area is 163 Å². The summed E-state index contributed by atoms with van der Waals surface area (Å²) in [7, 11) is 0. The van der Waals surface area contributed by atoms with Gasteiger partial charge >= 0.3 is 0 Å². The van der Waals surface area contributed by atoms with Gasteiger partial charge in [0.1, 0.15) is 5.82 Å². The first-order chi connectivity index (χ1) is 13.3. The van der Waals surface area contributed by atoms with Gasteiger partial charge in [0.2, 0.25) is 0 Å². The number of benzene rings is 3. The van der Waals surface area contributed by atoms with Crippen molar-refractivity contribution >= 4 is 44.8 Å². The van der Waals surface area contributed by atoms with Gasteiger partial charge in [-0.15, -0.1) is 0 Å². The van der Waals surface area contributed by atoms with E-state index in [4.69, 9.17) is 16.6 Å². The lowest BCUT2D eigenvalue weighted by Gasteiger charge is -2.37. The van der Waals surface area contributed by atoms with Gasteiger partial charge in [0, 0.05) is 37.0 Å². The molecule has 4 aromatic rings. The fourth-order valence-electron chi connectivity index (χ4n) is 3.99. The summed E-state index contributed by atoms with van der Waals surface area (Å²) in [5, 5.41) is 4.53. The first kappa shape index (κ1) is 16.4. The van der Waals surface area contributed by atoms with Gasteiger partial charge in [-0.1, -0.05) is 66.2 Å². The summed E-state index contributed by atoms with van der Waals surface area (Å²) in [6.45, 7) is 3.74. The SMILES string of the molecule is Clc1ccccc1N1CCN(c2nc3ccccc3c3ccccc23)CC1. The van der Waals surface area contributed by atoms with Gasteiger partial charge in [0.05, 0.1) is 16.2 Å². The third-order valence-electron chi connectivity index (χ3n) is 5.36. The van der Waals surface area contributed by atoms with Crippen molar-refractivity contribution in [2.24, 2.45) is 0 Å². The number of halogens is 1. The van der Waals surface area contributed by atoms with Crippen molar-refractivity contribution in [1.29, 1.82) is 0 Å². The fourth-order valence-corrected chi connectivity index (χ4v) is 4.25. The van der Waals surface area contributed by atoms with Gasteiger partial charge in [-0.3, -0.25) is 0 Å². The van der Waals surface area contributed by atoms with Crippen LogP contribution in [0.1, 0.15) is 0 Å². The van der Waals surface area contributed by atoms with Crippen LogP contribution in [0.2, 0.25) is 5.02 Å². The van der Waals surface area contributed by atoms with Crippen LogP contribution in [-0.2, 0) is 0 Å². The molecule has 0 amide bonds. The maximum absolute atomic E-state index is 6.39. The molecule has 1 aliphatic heterocycles. The Morgan fingerprint density at radius 1 is 0.630 bits per heavy atom. The second-order valence-electron chi connectivity index (χ2n) is 6.92. The van der Waals surface area contributed by atoms with Crippen LogP contribution >= 0.6 is 11.6 Å². The van der Waals surface area contributed by atoms with Crippen LogP contribution in [0, 0.1) is 0 Å². The molecule has 3 aromatic carbocycles. The number of para-hydroxylation sites is 2. The summed E-state index contributed by atoms with van der Waals surface area (Å²) in [6.07, 6.45) is 0. The molecule has 134 valence electrons. The monoisotopic (exact) mass is 373 g/mol. The lowest BCUT2D eigenvalue weighted by Crippen LogP contribution is -2.47. The second kappa shape index (κ2) is 6.75. The quantitative estimate of drug-likeness (QED) is 0.440. The third-order valence-corrected chi connectivity index (χ3v) is 5.68. The minimum Gasteiger partial charge on any atom is -0.367 e. The molecule has 0 atom stereocenters. The highest BCUT2D eigenvalue weighted by atomic mass is 35.5. The first-order valence-electron chi connectivity index (χ1n) is 9.33. The molecular formula is C23H20ClN3. The summed E-state index contributed by atoms with van der Waals surface area (Å²) in [5.74, 6) is 1.09. The van der Waals surface area contributed by atoms with E-state index in [-0.39, 0.29) is 0 Å². The molecule has 0 bridgehead atoms. The highest BCUT2D eigenvalue weighted by Crippen LogP contribution is 2.33.